The lowest BCUT2D eigenvalue weighted by Crippen LogP contribution is -2.04. The Kier molecular flexibility index (Phi) is 5.32. The molecule has 0 aliphatic heterocycles. The molecule has 0 radical (unpaired) electrons. The van der Waals surface area contributed by atoms with E-state index in [0.717, 1.165) is 38.9 Å². The average Bonchev–Trinajstić information content (AvgIpc) is 2.76. The number of nitrogens with zero attached hydrogens (tertiary/aromatic N) is 1. The first-order valence-corrected chi connectivity index (χ1v) is 9.88. The van der Waals surface area contributed by atoms with E-state index in [9.17, 15) is 0 Å². The third-order valence-electron chi connectivity index (χ3n) is 5.38. The highest BCUT2D eigenvalue weighted by Crippen LogP contribution is 2.33. The average molecular weight is 399 g/mol. The quantitative estimate of drug-likeness (QED) is 0.406. The number of methoxy groups -OCH3 is 2. The summed E-state index contributed by atoms with van der Waals surface area (Å²) in [6, 6.07) is 20.1. The van der Waals surface area contributed by atoms with Crippen molar-refractivity contribution < 1.29 is 13.9 Å². The van der Waals surface area contributed by atoms with Gasteiger partial charge in [0.2, 0.25) is 0 Å². The standard InChI is InChI=1S/C26H25NO3/c1-16-9-11-23-20(13-16)22(27-21-8-6-7-17(2)18(21)3)15-25(30-23)19-10-12-24(28-4)26(14-19)29-5/h6-15H,1-5H3. The van der Waals surface area contributed by atoms with Gasteiger partial charge in [-0.1, -0.05) is 23.8 Å². The van der Waals surface area contributed by atoms with Gasteiger partial charge in [-0.3, -0.25) is 0 Å². The van der Waals surface area contributed by atoms with Crippen molar-refractivity contribution in [3.63, 3.8) is 0 Å². The molecule has 4 rings (SSSR count). The summed E-state index contributed by atoms with van der Waals surface area (Å²) in [7, 11) is 3.25. The molecule has 0 aliphatic rings. The van der Waals surface area contributed by atoms with E-state index >= 15 is 0 Å². The molecule has 0 amide bonds. The summed E-state index contributed by atoms with van der Waals surface area (Å²) < 4.78 is 17.1. The van der Waals surface area contributed by atoms with Gasteiger partial charge in [0.15, 0.2) is 11.5 Å². The van der Waals surface area contributed by atoms with E-state index in [4.69, 9.17) is 18.9 Å². The van der Waals surface area contributed by atoms with Crippen molar-refractivity contribution in [2.45, 2.75) is 20.8 Å². The second kappa shape index (κ2) is 8.07. The molecule has 1 heterocycles. The molecule has 0 N–H and O–H groups in total. The van der Waals surface area contributed by atoms with Gasteiger partial charge in [-0.15, -0.1) is 0 Å². The minimum Gasteiger partial charge on any atom is -0.493 e. The van der Waals surface area contributed by atoms with E-state index in [-0.39, 0.29) is 0 Å². The van der Waals surface area contributed by atoms with E-state index in [1.54, 1.807) is 14.2 Å². The van der Waals surface area contributed by atoms with Gasteiger partial charge < -0.3 is 13.9 Å². The Labute approximate surface area is 176 Å². The molecule has 4 aromatic rings. The zero-order valence-electron chi connectivity index (χ0n) is 17.9. The van der Waals surface area contributed by atoms with Crippen LogP contribution in [0.5, 0.6) is 11.5 Å². The molecule has 4 heteroatoms. The molecule has 0 spiro atoms. The highest BCUT2D eigenvalue weighted by molar-refractivity contribution is 5.80. The SMILES string of the molecule is COc1ccc(-c2cc(=Nc3cccc(C)c3C)c3cc(C)ccc3o2)cc1OC. The van der Waals surface area contributed by atoms with Crippen LogP contribution >= 0.6 is 0 Å². The van der Waals surface area contributed by atoms with Crippen LogP contribution in [0.2, 0.25) is 0 Å². The lowest BCUT2D eigenvalue weighted by atomic mass is 10.1. The summed E-state index contributed by atoms with van der Waals surface area (Å²) in [4.78, 5) is 5.02. The Morgan fingerprint density at radius 1 is 0.800 bits per heavy atom. The second-order valence-corrected chi connectivity index (χ2v) is 7.40. The van der Waals surface area contributed by atoms with Crippen molar-refractivity contribution >= 4 is 16.7 Å². The first-order chi connectivity index (χ1) is 14.5. The van der Waals surface area contributed by atoms with E-state index in [1.165, 1.54) is 11.1 Å². The van der Waals surface area contributed by atoms with Crippen LogP contribution in [0.25, 0.3) is 22.3 Å². The molecule has 0 saturated carbocycles. The molecular weight excluding hydrogens is 374 g/mol. The molecule has 0 atom stereocenters. The third-order valence-corrected chi connectivity index (χ3v) is 5.38. The smallest absolute Gasteiger partial charge is 0.161 e. The van der Waals surface area contributed by atoms with E-state index in [0.29, 0.717) is 11.5 Å². The van der Waals surface area contributed by atoms with Crippen LogP contribution in [0.4, 0.5) is 5.69 Å². The maximum atomic E-state index is 6.25. The van der Waals surface area contributed by atoms with E-state index in [2.05, 4.69) is 32.9 Å². The number of aryl methyl sites for hydroxylation is 2. The predicted molar refractivity (Wildman–Crippen MR) is 121 cm³/mol. The molecule has 1 aromatic heterocycles. The van der Waals surface area contributed by atoms with Gasteiger partial charge in [0, 0.05) is 17.0 Å². The summed E-state index contributed by atoms with van der Waals surface area (Å²) in [5.74, 6) is 2.05. The Bertz CT molecular complexity index is 1300. The molecule has 0 bridgehead atoms. The van der Waals surface area contributed by atoms with Crippen LogP contribution < -0.4 is 14.8 Å². The zero-order chi connectivity index (χ0) is 21.3. The summed E-state index contributed by atoms with van der Waals surface area (Å²) >= 11 is 0. The van der Waals surface area contributed by atoms with Gasteiger partial charge in [0.05, 0.1) is 25.3 Å². The molecule has 0 fully saturated rings. The topological polar surface area (TPSA) is 44.0 Å². The predicted octanol–water partition coefficient (Wildman–Crippen LogP) is 6.27. The number of rotatable bonds is 4. The first kappa shape index (κ1) is 19.8. The van der Waals surface area contributed by atoms with E-state index < -0.39 is 0 Å². The van der Waals surface area contributed by atoms with E-state index in [1.807, 2.05) is 48.5 Å². The Morgan fingerprint density at radius 2 is 1.60 bits per heavy atom. The van der Waals surface area contributed by atoms with Gasteiger partial charge in [0.1, 0.15) is 11.3 Å². The van der Waals surface area contributed by atoms with Crippen LogP contribution in [-0.4, -0.2) is 14.2 Å². The Morgan fingerprint density at radius 3 is 2.37 bits per heavy atom. The highest BCUT2D eigenvalue weighted by atomic mass is 16.5. The number of benzene rings is 3. The molecule has 152 valence electrons. The van der Waals surface area contributed by atoms with Crippen molar-refractivity contribution in [2.75, 3.05) is 14.2 Å². The molecular formula is C26H25NO3. The second-order valence-electron chi connectivity index (χ2n) is 7.40. The summed E-state index contributed by atoms with van der Waals surface area (Å²) in [5.41, 5.74) is 6.20. The highest BCUT2D eigenvalue weighted by Gasteiger charge is 2.11. The fourth-order valence-corrected chi connectivity index (χ4v) is 3.49. The number of ether oxygens (including phenoxy) is 2. The van der Waals surface area contributed by atoms with Crippen LogP contribution in [0.1, 0.15) is 16.7 Å². The first-order valence-electron chi connectivity index (χ1n) is 9.88. The zero-order valence-corrected chi connectivity index (χ0v) is 17.9. The number of fused-ring (bicyclic) bond motifs is 1. The van der Waals surface area contributed by atoms with Gasteiger partial charge in [-0.25, -0.2) is 4.99 Å². The van der Waals surface area contributed by atoms with Crippen LogP contribution in [0.15, 0.2) is 70.1 Å². The molecule has 0 saturated heterocycles. The largest absolute Gasteiger partial charge is 0.493 e. The summed E-state index contributed by atoms with van der Waals surface area (Å²) in [6.07, 6.45) is 0. The lowest BCUT2D eigenvalue weighted by molar-refractivity contribution is 0.355. The fraction of sp³-hybridized carbons (Fsp3) is 0.192. The normalized spacial score (nSPS) is 11.7. The van der Waals surface area contributed by atoms with Crippen LogP contribution in [0.3, 0.4) is 0 Å². The van der Waals surface area contributed by atoms with Gasteiger partial charge in [-0.05, 0) is 68.3 Å². The number of hydrogen-bond acceptors (Lipinski definition) is 4. The fourth-order valence-electron chi connectivity index (χ4n) is 3.49. The Balaban J connectivity index is 1.99. The third kappa shape index (κ3) is 3.69. The molecule has 0 unspecified atom stereocenters. The molecule has 0 aliphatic carbocycles. The number of hydrogen-bond donors (Lipinski definition) is 0. The van der Waals surface area contributed by atoms with Crippen molar-refractivity contribution in [1.29, 1.82) is 0 Å². The minimum atomic E-state index is 0.655. The summed E-state index contributed by atoms with van der Waals surface area (Å²) in [6.45, 7) is 6.28. The van der Waals surface area contributed by atoms with Crippen molar-refractivity contribution in [3.8, 4) is 22.8 Å². The Hall–Kier alpha value is -3.53. The van der Waals surface area contributed by atoms with Gasteiger partial charge in [0.25, 0.3) is 0 Å². The van der Waals surface area contributed by atoms with Gasteiger partial charge in [-0.2, -0.15) is 0 Å². The lowest BCUT2D eigenvalue weighted by Gasteiger charge is -2.10. The van der Waals surface area contributed by atoms with Crippen molar-refractivity contribution in [2.24, 2.45) is 4.99 Å². The molecule has 30 heavy (non-hydrogen) atoms. The van der Waals surface area contributed by atoms with Crippen LogP contribution in [0, 0.1) is 20.8 Å². The molecule has 3 aromatic carbocycles. The maximum Gasteiger partial charge on any atom is 0.161 e. The van der Waals surface area contributed by atoms with Crippen LogP contribution in [-0.2, 0) is 0 Å². The van der Waals surface area contributed by atoms with Crippen molar-refractivity contribution in [1.82, 2.24) is 0 Å². The maximum absolute atomic E-state index is 6.25. The van der Waals surface area contributed by atoms with Gasteiger partial charge >= 0.3 is 0 Å². The minimum absolute atomic E-state index is 0.655. The molecule has 4 nitrogen and oxygen atoms in total. The summed E-state index contributed by atoms with van der Waals surface area (Å²) in [5, 5.41) is 1.86. The monoisotopic (exact) mass is 399 g/mol. The van der Waals surface area contributed by atoms with Crippen molar-refractivity contribution in [3.05, 3.63) is 82.7 Å².